The molecule has 0 unspecified atom stereocenters. The Labute approximate surface area is 168 Å². The molecule has 0 amide bonds. The number of hydrogen-bond acceptors (Lipinski definition) is 6. The molecule has 3 saturated heterocycles. The van der Waals surface area contributed by atoms with E-state index in [1.54, 1.807) is 6.07 Å². The van der Waals surface area contributed by atoms with Crippen molar-refractivity contribution in [3.8, 4) is 5.75 Å². The molecule has 3 fully saturated rings. The number of aromatic amines is 1. The zero-order valence-corrected chi connectivity index (χ0v) is 16.5. The van der Waals surface area contributed by atoms with Gasteiger partial charge in [-0.3, -0.25) is 9.78 Å². The van der Waals surface area contributed by atoms with Crippen LogP contribution in [0.4, 0.5) is 10.3 Å². The average Bonchev–Trinajstić information content (AvgIpc) is 2.71. The van der Waals surface area contributed by atoms with Crippen molar-refractivity contribution in [2.75, 3.05) is 50.9 Å². The van der Waals surface area contributed by atoms with Gasteiger partial charge in [-0.05, 0) is 44.7 Å². The molecule has 0 aliphatic carbocycles. The van der Waals surface area contributed by atoms with Gasteiger partial charge in [0, 0.05) is 43.9 Å². The topological polar surface area (TPSA) is 79.5 Å². The van der Waals surface area contributed by atoms with Gasteiger partial charge < -0.3 is 19.7 Å². The lowest BCUT2D eigenvalue weighted by atomic mass is 9.72. The summed E-state index contributed by atoms with van der Waals surface area (Å²) in [6.45, 7) is 5.84. The first-order valence-corrected chi connectivity index (χ1v) is 10.5. The van der Waals surface area contributed by atoms with Crippen molar-refractivity contribution in [1.82, 2.24) is 15.3 Å². The summed E-state index contributed by atoms with van der Waals surface area (Å²) in [6, 6.07) is 2.96. The first-order chi connectivity index (χ1) is 14.1. The van der Waals surface area contributed by atoms with E-state index in [0.717, 1.165) is 65.1 Å². The van der Waals surface area contributed by atoms with Crippen LogP contribution in [0.1, 0.15) is 25.7 Å². The maximum absolute atomic E-state index is 14.6. The number of nitrogens with one attached hydrogen (secondary N) is 2. The predicted molar refractivity (Wildman–Crippen MR) is 108 cm³/mol. The van der Waals surface area contributed by atoms with Gasteiger partial charge in [0.1, 0.15) is 17.0 Å². The summed E-state index contributed by atoms with van der Waals surface area (Å²) < 4.78 is 25.8. The van der Waals surface area contributed by atoms with Crippen LogP contribution < -0.4 is 20.5 Å². The van der Waals surface area contributed by atoms with E-state index in [1.165, 1.54) is 6.07 Å². The molecule has 29 heavy (non-hydrogen) atoms. The lowest BCUT2D eigenvalue weighted by Gasteiger charge is -2.52. The standard InChI is InChI=1S/C21H27FN4O3/c22-16-9-15(29-11-14-1-7-28-8-2-14)10-17-18(16)19(27)25-20(24-17)26-12-21(13-26)3-5-23-6-4-21/h9-10,14,23H,1-8,11-13H2,(H,24,25,27). The highest BCUT2D eigenvalue weighted by molar-refractivity contribution is 5.81. The maximum atomic E-state index is 14.6. The Kier molecular flexibility index (Phi) is 4.91. The van der Waals surface area contributed by atoms with Crippen molar-refractivity contribution in [1.29, 1.82) is 0 Å². The smallest absolute Gasteiger partial charge is 0.263 e. The number of piperidine rings is 1. The van der Waals surface area contributed by atoms with E-state index in [2.05, 4.69) is 20.2 Å². The molecule has 0 saturated carbocycles. The maximum Gasteiger partial charge on any atom is 0.263 e. The molecule has 0 atom stereocenters. The van der Waals surface area contributed by atoms with Gasteiger partial charge in [-0.2, -0.15) is 0 Å². The molecular formula is C21H27FN4O3. The highest BCUT2D eigenvalue weighted by atomic mass is 19.1. The number of rotatable bonds is 4. The first-order valence-electron chi connectivity index (χ1n) is 10.5. The Morgan fingerprint density at radius 1 is 1.24 bits per heavy atom. The van der Waals surface area contributed by atoms with Gasteiger partial charge in [-0.1, -0.05) is 0 Å². The van der Waals surface area contributed by atoms with Crippen molar-refractivity contribution in [2.45, 2.75) is 25.7 Å². The molecule has 3 aliphatic heterocycles. The minimum atomic E-state index is -0.594. The van der Waals surface area contributed by atoms with E-state index in [4.69, 9.17) is 9.47 Å². The van der Waals surface area contributed by atoms with E-state index < -0.39 is 11.4 Å². The van der Waals surface area contributed by atoms with Gasteiger partial charge in [0.2, 0.25) is 5.95 Å². The number of fused-ring (bicyclic) bond motifs is 1. The van der Waals surface area contributed by atoms with Crippen LogP contribution in [-0.2, 0) is 4.74 Å². The van der Waals surface area contributed by atoms with Crippen LogP contribution in [0.15, 0.2) is 16.9 Å². The van der Waals surface area contributed by atoms with Crippen LogP contribution in [-0.4, -0.2) is 56.0 Å². The SMILES string of the molecule is O=c1[nH]c(N2CC3(CCNCC3)C2)nc2cc(OCC3CCOCC3)cc(F)c12. The van der Waals surface area contributed by atoms with Crippen LogP contribution in [0.2, 0.25) is 0 Å². The van der Waals surface area contributed by atoms with Crippen LogP contribution in [0.3, 0.4) is 0 Å². The molecule has 8 heteroatoms. The summed E-state index contributed by atoms with van der Waals surface area (Å²) in [6.07, 6.45) is 4.18. The lowest BCUT2D eigenvalue weighted by molar-refractivity contribution is 0.0497. The largest absolute Gasteiger partial charge is 0.493 e. The van der Waals surface area contributed by atoms with Crippen molar-refractivity contribution in [2.24, 2.45) is 11.3 Å². The summed E-state index contributed by atoms with van der Waals surface area (Å²) in [5.41, 5.74) is 0.223. The zero-order chi connectivity index (χ0) is 19.8. The predicted octanol–water partition coefficient (Wildman–Crippen LogP) is 2.06. The van der Waals surface area contributed by atoms with Gasteiger partial charge in [0.15, 0.2) is 0 Å². The molecule has 5 rings (SSSR count). The van der Waals surface area contributed by atoms with Gasteiger partial charge in [0.05, 0.1) is 12.1 Å². The van der Waals surface area contributed by atoms with Crippen LogP contribution in [0.25, 0.3) is 10.9 Å². The highest BCUT2D eigenvalue weighted by Gasteiger charge is 2.44. The van der Waals surface area contributed by atoms with Crippen LogP contribution in [0.5, 0.6) is 5.75 Å². The van der Waals surface area contributed by atoms with E-state index in [9.17, 15) is 9.18 Å². The minimum Gasteiger partial charge on any atom is -0.493 e. The number of anilines is 1. The number of nitrogens with zero attached hydrogens (tertiary/aromatic N) is 2. The normalized spacial score (nSPS) is 22.0. The quantitative estimate of drug-likeness (QED) is 0.815. The zero-order valence-electron chi connectivity index (χ0n) is 16.5. The highest BCUT2D eigenvalue weighted by Crippen LogP contribution is 2.40. The molecular weight excluding hydrogens is 375 g/mol. The number of aromatic nitrogens is 2. The third kappa shape index (κ3) is 3.71. The van der Waals surface area contributed by atoms with Crippen LogP contribution >= 0.6 is 0 Å². The molecule has 0 bridgehead atoms. The molecule has 156 valence electrons. The fourth-order valence-electron chi connectivity index (χ4n) is 4.73. The van der Waals surface area contributed by atoms with E-state index in [-0.39, 0.29) is 5.39 Å². The Bertz CT molecular complexity index is 943. The molecule has 0 radical (unpaired) electrons. The second-order valence-corrected chi connectivity index (χ2v) is 8.66. The Morgan fingerprint density at radius 3 is 2.76 bits per heavy atom. The minimum absolute atomic E-state index is 0.00994. The fraction of sp³-hybridized carbons (Fsp3) is 0.619. The van der Waals surface area contributed by atoms with E-state index in [1.807, 2.05) is 0 Å². The third-order valence-electron chi connectivity index (χ3n) is 6.56. The summed E-state index contributed by atoms with van der Waals surface area (Å²) in [5, 5.41) is 3.38. The van der Waals surface area contributed by atoms with Crippen molar-refractivity contribution in [3.63, 3.8) is 0 Å². The van der Waals surface area contributed by atoms with Gasteiger partial charge >= 0.3 is 0 Å². The summed E-state index contributed by atoms with van der Waals surface area (Å²) in [4.78, 5) is 21.9. The Hall–Kier alpha value is -2.19. The average molecular weight is 402 g/mol. The summed E-state index contributed by atoms with van der Waals surface area (Å²) >= 11 is 0. The van der Waals surface area contributed by atoms with Crippen molar-refractivity contribution >= 4 is 16.9 Å². The molecule has 1 spiro atoms. The summed E-state index contributed by atoms with van der Waals surface area (Å²) in [5.74, 6) is 0.757. The molecule has 1 aromatic heterocycles. The van der Waals surface area contributed by atoms with Crippen molar-refractivity contribution < 1.29 is 13.9 Å². The monoisotopic (exact) mass is 402 g/mol. The molecule has 2 aromatic rings. The number of benzene rings is 1. The number of hydrogen-bond donors (Lipinski definition) is 2. The lowest BCUT2D eigenvalue weighted by Crippen LogP contribution is -2.60. The third-order valence-corrected chi connectivity index (χ3v) is 6.56. The number of halogens is 1. The van der Waals surface area contributed by atoms with E-state index in [0.29, 0.717) is 35.2 Å². The van der Waals surface area contributed by atoms with Gasteiger partial charge in [-0.15, -0.1) is 0 Å². The molecule has 2 N–H and O–H groups in total. The molecule has 7 nitrogen and oxygen atoms in total. The van der Waals surface area contributed by atoms with Gasteiger partial charge in [-0.25, -0.2) is 9.37 Å². The summed E-state index contributed by atoms with van der Waals surface area (Å²) in [7, 11) is 0. The first kappa shape index (κ1) is 18.8. The van der Waals surface area contributed by atoms with E-state index >= 15 is 0 Å². The second kappa shape index (κ2) is 7.57. The fourth-order valence-corrected chi connectivity index (χ4v) is 4.73. The Morgan fingerprint density at radius 2 is 2.00 bits per heavy atom. The Balaban J connectivity index is 1.36. The molecule has 4 heterocycles. The molecule has 1 aromatic carbocycles. The van der Waals surface area contributed by atoms with Crippen molar-refractivity contribution in [3.05, 3.63) is 28.3 Å². The molecule has 3 aliphatic rings. The second-order valence-electron chi connectivity index (χ2n) is 8.66. The van der Waals surface area contributed by atoms with Crippen LogP contribution in [0, 0.1) is 17.2 Å². The number of H-pyrrole nitrogens is 1. The number of ether oxygens (including phenoxy) is 2. The van der Waals surface area contributed by atoms with Gasteiger partial charge in [0.25, 0.3) is 5.56 Å².